The number of phenolic OH excluding ortho intramolecular Hbond substituents is 1. The lowest BCUT2D eigenvalue weighted by Crippen LogP contribution is -1.96. The van der Waals surface area contributed by atoms with E-state index in [1.807, 2.05) is 6.07 Å². The number of para-hydroxylation sites is 1. The minimum Gasteiger partial charge on any atom is -0.508 e. The molecule has 1 N–H and O–H groups in total. The average molecular weight is 252 g/mol. The van der Waals surface area contributed by atoms with Crippen molar-refractivity contribution in [3.8, 4) is 5.75 Å². The zero-order valence-corrected chi connectivity index (χ0v) is 11.9. The first-order valence-corrected chi connectivity index (χ1v) is 7.13. The highest BCUT2D eigenvalue weighted by molar-refractivity contribution is 5.18. The molecule has 1 rings (SSSR count). The number of hydrogen-bond donors (Lipinski definition) is 1. The summed E-state index contributed by atoms with van der Waals surface area (Å²) in [6.45, 7) is 6.38. The van der Waals surface area contributed by atoms with Gasteiger partial charge >= 0.3 is 0 Å². The van der Waals surface area contributed by atoms with Crippen LogP contribution in [0.3, 0.4) is 0 Å². The van der Waals surface area contributed by atoms with E-state index in [-0.39, 0.29) is 0 Å². The molecular formula is C16H28O2. The van der Waals surface area contributed by atoms with Crippen molar-refractivity contribution in [2.75, 3.05) is 13.2 Å². The number of rotatable bonds is 8. The molecule has 1 aromatic rings. The molecule has 0 spiro atoms. The summed E-state index contributed by atoms with van der Waals surface area (Å²) < 4.78 is 5.44. The maximum absolute atomic E-state index is 8.63. The van der Waals surface area contributed by atoms with Crippen LogP contribution in [0.2, 0.25) is 0 Å². The lowest BCUT2D eigenvalue weighted by Gasteiger charge is -2.01. The van der Waals surface area contributed by atoms with Crippen LogP contribution in [0.15, 0.2) is 30.3 Å². The third-order valence-corrected chi connectivity index (χ3v) is 2.54. The monoisotopic (exact) mass is 252 g/mol. The summed E-state index contributed by atoms with van der Waals surface area (Å²) in [6, 6.07) is 8.71. The smallest absolute Gasteiger partial charge is 0.115 e. The third-order valence-electron chi connectivity index (χ3n) is 2.54. The summed E-state index contributed by atoms with van der Waals surface area (Å²) in [5, 5.41) is 8.63. The van der Waals surface area contributed by atoms with Gasteiger partial charge in [-0.15, -0.1) is 0 Å². The minimum atomic E-state index is 0.322. The Kier molecular flexibility index (Phi) is 13.2. The van der Waals surface area contributed by atoms with Crippen LogP contribution in [-0.2, 0) is 4.74 Å². The van der Waals surface area contributed by atoms with Crippen molar-refractivity contribution in [2.45, 2.75) is 52.4 Å². The van der Waals surface area contributed by atoms with Gasteiger partial charge in [0.25, 0.3) is 0 Å². The predicted molar refractivity (Wildman–Crippen MR) is 78.0 cm³/mol. The zero-order chi connectivity index (χ0) is 13.5. The van der Waals surface area contributed by atoms with Gasteiger partial charge in [-0.3, -0.25) is 0 Å². The molecule has 0 radical (unpaired) electrons. The predicted octanol–water partition coefficient (Wildman–Crippen LogP) is 4.78. The van der Waals surface area contributed by atoms with E-state index in [0.717, 1.165) is 13.2 Å². The molecule has 0 aromatic heterocycles. The second-order valence-electron chi connectivity index (χ2n) is 4.36. The molecule has 104 valence electrons. The molecule has 0 saturated heterocycles. The van der Waals surface area contributed by atoms with Crippen LogP contribution in [0, 0.1) is 0 Å². The molecule has 1 aromatic carbocycles. The molecule has 0 aliphatic heterocycles. The molecule has 0 bridgehead atoms. The maximum Gasteiger partial charge on any atom is 0.115 e. The highest BCUT2D eigenvalue weighted by Gasteiger charge is 1.88. The van der Waals surface area contributed by atoms with Gasteiger partial charge in [-0.2, -0.15) is 0 Å². The van der Waals surface area contributed by atoms with Crippen LogP contribution in [0.5, 0.6) is 5.75 Å². The quantitative estimate of drug-likeness (QED) is 0.675. The van der Waals surface area contributed by atoms with E-state index in [4.69, 9.17) is 9.84 Å². The highest BCUT2D eigenvalue weighted by Crippen LogP contribution is 2.02. The van der Waals surface area contributed by atoms with Crippen LogP contribution in [-0.4, -0.2) is 18.3 Å². The van der Waals surface area contributed by atoms with Crippen molar-refractivity contribution < 1.29 is 9.84 Å². The van der Waals surface area contributed by atoms with E-state index >= 15 is 0 Å². The van der Waals surface area contributed by atoms with Crippen molar-refractivity contribution in [3.05, 3.63) is 30.3 Å². The number of hydrogen-bond acceptors (Lipinski definition) is 2. The van der Waals surface area contributed by atoms with Gasteiger partial charge in [0.2, 0.25) is 0 Å². The SMILES string of the molecule is CCCCCOCCCCC.Oc1ccccc1. The topological polar surface area (TPSA) is 29.5 Å². The molecule has 18 heavy (non-hydrogen) atoms. The van der Waals surface area contributed by atoms with Gasteiger partial charge in [-0.25, -0.2) is 0 Å². The van der Waals surface area contributed by atoms with Crippen LogP contribution in [0.4, 0.5) is 0 Å². The first-order valence-electron chi connectivity index (χ1n) is 7.13. The van der Waals surface area contributed by atoms with Crippen molar-refractivity contribution >= 4 is 0 Å². The average Bonchev–Trinajstić information content (AvgIpc) is 2.39. The van der Waals surface area contributed by atoms with Gasteiger partial charge in [0.1, 0.15) is 5.75 Å². The van der Waals surface area contributed by atoms with Crippen molar-refractivity contribution in [2.24, 2.45) is 0 Å². The van der Waals surface area contributed by atoms with E-state index in [9.17, 15) is 0 Å². The number of unbranched alkanes of at least 4 members (excludes halogenated alkanes) is 4. The molecular weight excluding hydrogens is 224 g/mol. The fourth-order valence-corrected chi connectivity index (χ4v) is 1.44. The van der Waals surface area contributed by atoms with Crippen molar-refractivity contribution in [1.82, 2.24) is 0 Å². The Morgan fingerprint density at radius 2 is 1.33 bits per heavy atom. The highest BCUT2D eigenvalue weighted by atomic mass is 16.5. The molecule has 0 amide bonds. The second kappa shape index (κ2) is 14.0. The lowest BCUT2D eigenvalue weighted by molar-refractivity contribution is 0.126. The Balaban J connectivity index is 0.000000351. The summed E-state index contributed by atoms with van der Waals surface area (Å²) in [7, 11) is 0. The summed E-state index contributed by atoms with van der Waals surface area (Å²) in [5.74, 6) is 0.322. The fourth-order valence-electron chi connectivity index (χ4n) is 1.44. The summed E-state index contributed by atoms with van der Waals surface area (Å²) in [6.07, 6.45) is 7.68. The van der Waals surface area contributed by atoms with E-state index in [1.54, 1.807) is 24.3 Å². The minimum absolute atomic E-state index is 0.322. The summed E-state index contributed by atoms with van der Waals surface area (Å²) >= 11 is 0. The first kappa shape index (κ1) is 17.0. The Morgan fingerprint density at radius 3 is 1.67 bits per heavy atom. The Labute approximate surface area is 112 Å². The van der Waals surface area contributed by atoms with E-state index in [1.165, 1.54) is 38.5 Å². The normalized spacial score (nSPS) is 9.67. The Bertz CT molecular complexity index is 239. The van der Waals surface area contributed by atoms with Crippen LogP contribution >= 0.6 is 0 Å². The van der Waals surface area contributed by atoms with Crippen LogP contribution in [0.25, 0.3) is 0 Å². The Morgan fingerprint density at radius 1 is 0.833 bits per heavy atom. The van der Waals surface area contributed by atoms with E-state index < -0.39 is 0 Å². The molecule has 0 fully saturated rings. The Hall–Kier alpha value is -1.02. The standard InChI is InChI=1S/C10H22O.C6H6O/c1-3-5-7-9-11-10-8-6-4-2;7-6-4-2-1-3-5-6/h3-10H2,1-2H3;1-5,7H. The number of phenols is 1. The summed E-state index contributed by atoms with van der Waals surface area (Å²) in [4.78, 5) is 0. The third kappa shape index (κ3) is 13.0. The zero-order valence-electron chi connectivity index (χ0n) is 11.9. The van der Waals surface area contributed by atoms with E-state index in [0.29, 0.717) is 5.75 Å². The molecule has 2 heteroatoms. The number of aromatic hydroxyl groups is 1. The number of ether oxygens (including phenoxy) is 1. The molecule has 0 heterocycles. The van der Waals surface area contributed by atoms with Crippen LogP contribution in [0.1, 0.15) is 52.4 Å². The number of benzene rings is 1. The lowest BCUT2D eigenvalue weighted by atomic mass is 10.2. The summed E-state index contributed by atoms with van der Waals surface area (Å²) in [5.41, 5.74) is 0. The molecule has 0 saturated carbocycles. The van der Waals surface area contributed by atoms with Crippen molar-refractivity contribution in [1.29, 1.82) is 0 Å². The van der Waals surface area contributed by atoms with Crippen molar-refractivity contribution in [3.63, 3.8) is 0 Å². The molecule has 0 atom stereocenters. The van der Waals surface area contributed by atoms with Gasteiger partial charge < -0.3 is 9.84 Å². The van der Waals surface area contributed by atoms with Gasteiger partial charge in [-0.05, 0) is 25.0 Å². The first-order chi connectivity index (χ1) is 8.81. The maximum atomic E-state index is 8.63. The molecule has 0 unspecified atom stereocenters. The van der Waals surface area contributed by atoms with Gasteiger partial charge in [-0.1, -0.05) is 57.7 Å². The molecule has 2 nitrogen and oxygen atoms in total. The fraction of sp³-hybridized carbons (Fsp3) is 0.625. The van der Waals surface area contributed by atoms with E-state index in [2.05, 4.69) is 13.8 Å². The van der Waals surface area contributed by atoms with Gasteiger partial charge in [0.15, 0.2) is 0 Å². The molecule has 0 aliphatic rings. The van der Waals surface area contributed by atoms with Gasteiger partial charge in [0.05, 0.1) is 0 Å². The van der Waals surface area contributed by atoms with Crippen LogP contribution < -0.4 is 0 Å². The van der Waals surface area contributed by atoms with Gasteiger partial charge in [0, 0.05) is 13.2 Å². The second-order valence-corrected chi connectivity index (χ2v) is 4.36. The largest absolute Gasteiger partial charge is 0.508 e. The molecule has 0 aliphatic carbocycles.